The Kier molecular flexibility index (Phi) is 9.81. The first-order valence-electron chi connectivity index (χ1n) is 10.3. The minimum Gasteiger partial charge on any atom is -0.478 e. The van der Waals surface area contributed by atoms with Gasteiger partial charge in [-0.1, -0.05) is 66.7 Å². The predicted molar refractivity (Wildman–Crippen MR) is 118 cm³/mol. The van der Waals surface area contributed by atoms with Crippen molar-refractivity contribution in [1.82, 2.24) is 4.90 Å². The van der Waals surface area contributed by atoms with E-state index in [2.05, 4.69) is 36.1 Å². The van der Waals surface area contributed by atoms with Crippen LogP contribution in [0, 0.1) is 0 Å². The second-order valence-corrected chi connectivity index (χ2v) is 7.35. The van der Waals surface area contributed by atoms with Crippen molar-refractivity contribution >= 4 is 11.9 Å². The van der Waals surface area contributed by atoms with Gasteiger partial charge in [-0.2, -0.15) is 0 Å². The molecule has 2 aromatic rings. The standard InChI is InChI=1S/C25H31NO4/c1-20(22-14-8-4-9-15-22)26(19-21-12-6-3-7-13-21)23(18-25(29)30-2)16-10-5-11-17-24(27)28/h3-4,6-9,11-15,17,20,23H,5,10,16,18-19H2,1-2H3,(H,27,28)/b17-11+/t20-,23-/m1/s1. The molecule has 0 spiro atoms. The minimum atomic E-state index is -0.940. The number of carboxylic acid groups (broad SMARTS) is 1. The Hall–Kier alpha value is -2.92. The van der Waals surface area contributed by atoms with E-state index in [-0.39, 0.29) is 18.1 Å². The van der Waals surface area contributed by atoms with Crippen molar-refractivity contribution in [2.24, 2.45) is 0 Å². The van der Waals surface area contributed by atoms with Crippen LogP contribution in [0.1, 0.15) is 49.8 Å². The normalized spacial score (nSPS) is 13.3. The second kappa shape index (κ2) is 12.6. The lowest BCUT2D eigenvalue weighted by molar-refractivity contribution is -0.142. The van der Waals surface area contributed by atoms with Gasteiger partial charge in [0.15, 0.2) is 0 Å². The Morgan fingerprint density at radius 2 is 1.70 bits per heavy atom. The van der Waals surface area contributed by atoms with Crippen LogP contribution in [0.2, 0.25) is 0 Å². The van der Waals surface area contributed by atoms with Crippen molar-refractivity contribution in [1.29, 1.82) is 0 Å². The lowest BCUT2D eigenvalue weighted by Gasteiger charge is -2.36. The van der Waals surface area contributed by atoms with Gasteiger partial charge in [0.2, 0.25) is 0 Å². The molecule has 0 aromatic heterocycles. The van der Waals surface area contributed by atoms with E-state index in [0.717, 1.165) is 12.8 Å². The van der Waals surface area contributed by atoms with Gasteiger partial charge in [0.1, 0.15) is 0 Å². The van der Waals surface area contributed by atoms with Crippen molar-refractivity contribution < 1.29 is 19.4 Å². The third-order valence-corrected chi connectivity index (χ3v) is 5.25. The molecular weight excluding hydrogens is 378 g/mol. The van der Waals surface area contributed by atoms with Crippen molar-refractivity contribution in [2.45, 2.75) is 51.2 Å². The Morgan fingerprint density at radius 1 is 1.07 bits per heavy atom. The number of hydrogen-bond acceptors (Lipinski definition) is 4. The van der Waals surface area contributed by atoms with E-state index < -0.39 is 5.97 Å². The van der Waals surface area contributed by atoms with Crippen LogP contribution in [0.4, 0.5) is 0 Å². The van der Waals surface area contributed by atoms with E-state index in [0.29, 0.717) is 19.4 Å². The molecule has 0 fully saturated rings. The summed E-state index contributed by atoms with van der Waals surface area (Å²) < 4.78 is 4.97. The fraction of sp³-hybridized carbons (Fsp3) is 0.360. The van der Waals surface area contributed by atoms with Gasteiger partial charge in [-0.15, -0.1) is 0 Å². The molecule has 0 aliphatic heterocycles. The first-order valence-corrected chi connectivity index (χ1v) is 10.3. The summed E-state index contributed by atoms with van der Waals surface area (Å²) in [4.78, 5) is 25.2. The zero-order valence-corrected chi connectivity index (χ0v) is 17.7. The number of nitrogens with zero attached hydrogens (tertiary/aromatic N) is 1. The molecule has 0 aliphatic rings. The number of unbranched alkanes of at least 4 members (excludes halogenated alkanes) is 1. The van der Waals surface area contributed by atoms with Gasteiger partial charge in [0.05, 0.1) is 13.5 Å². The zero-order chi connectivity index (χ0) is 21.8. The summed E-state index contributed by atoms with van der Waals surface area (Å²) in [5.41, 5.74) is 2.37. The highest BCUT2D eigenvalue weighted by molar-refractivity contribution is 5.79. The minimum absolute atomic E-state index is 0.0221. The largest absolute Gasteiger partial charge is 0.478 e. The molecule has 30 heavy (non-hydrogen) atoms. The van der Waals surface area contributed by atoms with Gasteiger partial charge in [-0.05, 0) is 37.3 Å². The van der Waals surface area contributed by atoms with Crippen LogP contribution >= 0.6 is 0 Å². The summed E-state index contributed by atoms with van der Waals surface area (Å²) in [5.74, 6) is -1.18. The molecule has 2 aromatic carbocycles. The van der Waals surface area contributed by atoms with Crippen LogP contribution in [-0.4, -0.2) is 35.1 Å². The Balaban J connectivity index is 2.24. The number of esters is 1. The molecule has 0 saturated carbocycles. The molecule has 0 unspecified atom stereocenters. The van der Waals surface area contributed by atoms with E-state index >= 15 is 0 Å². The van der Waals surface area contributed by atoms with E-state index in [4.69, 9.17) is 9.84 Å². The topological polar surface area (TPSA) is 66.8 Å². The summed E-state index contributed by atoms with van der Waals surface area (Å²) in [6.45, 7) is 2.87. The van der Waals surface area contributed by atoms with Gasteiger partial charge < -0.3 is 9.84 Å². The summed E-state index contributed by atoms with van der Waals surface area (Å²) >= 11 is 0. The monoisotopic (exact) mass is 409 g/mol. The quantitative estimate of drug-likeness (QED) is 0.304. The highest BCUT2D eigenvalue weighted by Gasteiger charge is 2.27. The average molecular weight is 410 g/mol. The van der Waals surface area contributed by atoms with Crippen LogP contribution in [0.5, 0.6) is 0 Å². The highest BCUT2D eigenvalue weighted by atomic mass is 16.5. The fourth-order valence-corrected chi connectivity index (χ4v) is 3.62. The van der Waals surface area contributed by atoms with Gasteiger partial charge in [-0.3, -0.25) is 9.69 Å². The summed E-state index contributed by atoms with van der Waals surface area (Å²) in [7, 11) is 1.41. The molecule has 1 N–H and O–H groups in total. The molecule has 0 radical (unpaired) electrons. The molecule has 0 bridgehead atoms. The number of ether oxygens (including phenoxy) is 1. The maximum atomic E-state index is 12.2. The average Bonchev–Trinajstić information content (AvgIpc) is 2.77. The second-order valence-electron chi connectivity index (χ2n) is 7.35. The fourth-order valence-electron chi connectivity index (χ4n) is 3.62. The Morgan fingerprint density at radius 3 is 2.30 bits per heavy atom. The maximum absolute atomic E-state index is 12.2. The maximum Gasteiger partial charge on any atom is 0.327 e. The Bertz CT molecular complexity index is 804. The summed E-state index contributed by atoms with van der Waals surface area (Å²) in [6.07, 6.45) is 5.34. The molecule has 0 aliphatic carbocycles. The van der Waals surface area contributed by atoms with E-state index in [1.165, 1.54) is 24.3 Å². The van der Waals surface area contributed by atoms with E-state index in [9.17, 15) is 9.59 Å². The van der Waals surface area contributed by atoms with Gasteiger partial charge >= 0.3 is 11.9 Å². The molecular formula is C25H31NO4. The lowest BCUT2D eigenvalue weighted by Crippen LogP contribution is -2.38. The van der Waals surface area contributed by atoms with Crippen LogP contribution in [-0.2, 0) is 20.9 Å². The highest BCUT2D eigenvalue weighted by Crippen LogP contribution is 2.28. The first kappa shape index (κ1) is 23.4. The number of benzene rings is 2. The van der Waals surface area contributed by atoms with E-state index in [1.807, 2.05) is 36.4 Å². The van der Waals surface area contributed by atoms with Crippen LogP contribution in [0.25, 0.3) is 0 Å². The Labute approximate surface area is 179 Å². The van der Waals surface area contributed by atoms with Crippen molar-refractivity contribution in [3.63, 3.8) is 0 Å². The summed E-state index contributed by atoms with van der Waals surface area (Å²) in [6, 6.07) is 20.6. The molecule has 2 rings (SSSR count). The smallest absolute Gasteiger partial charge is 0.327 e. The number of methoxy groups -OCH3 is 1. The predicted octanol–water partition coefficient (Wildman–Crippen LogP) is 4.99. The molecule has 5 heteroatoms. The molecule has 0 heterocycles. The van der Waals surface area contributed by atoms with Crippen LogP contribution in [0.15, 0.2) is 72.8 Å². The van der Waals surface area contributed by atoms with Crippen molar-refractivity contribution in [2.75, 3.05) is 7.11 Å². The number of aliphatic carboxylic acids is 1. The van der Waals surface area contributed by atoms with Crippen LogP contribution < -0.4 is 0 Å². The van der Waals surface area contributed by atoms with Crippen molar-refractivity contribution in [3.05, 3.63) is 83.9 Å². The molecule has 0 saturated heterocycles. The third-order valence-electron chi connectivity index (χ3n) is 5.25. The number of carbonyl (C=O) groups excluding carboxylic acids is 1. The van der Waals surface area contributed by atoms with Gasteiger partial charge in [0, 0.05) is 24.7 Å². The lowest BCUT2D eigenvalue weighted by atomic mass is 9.98. The number of rotatable bonds is 12. The van der Waals surface area contributed by atoms with E-state index in [1.54, 1.807) is 6.08 Å². The van der Waals surface area contributed by atoms with Gasteiger partial charge in [-0.25, -0.2) is 4.79 Å². The zero-order valence-electron chi connectivity index (χ0n) is 17.7. The summed E-state index contributed by atoms with van der Waals surface area (Å²) in [5, 5.41) is 8.77. The number of carboxylic acids is 1. The van der Waals surface area contributed by atoms with Crippen LogP contribution in [0.3, 0.4) is 0 Å². The number of allylic oxidation sites excluding steroid dienone is 1. The number of hydrogen-bond donors (Lipinski definition) is 1. The SMILES string of the molecule is COC(=O)C[C@@H](CCC/C=C/C(=O)O)N(Cc1ccccc1)[C@H](C)c1ccccc1. The molecule has 2 atom stereocenters. The van der Waals surface area contributed by atoms with Gasteiger partial charge in [0.25, 0.3) is 0 Å². The number of carbonyl (C=O) groups is 2. The molecule has 5 nitrogen and oxygen atoms in total. The molecule has 0 amide bonds. The third kappa shape index (κ3) is 7.84. The first-order chi connectivity index (χ1) is 14.5. The van der Waals surface area contributed by atoms with Crippen molar-refractivity contribution in [3.8, 4) is 0 Å². The molecule has 160 valence electrons.